The highest BCUT2D eigenvalue weighted by Crippen LogP contribution is 2.19. The number of rotatable bonds is 7. The van der Waals surface area contributed by atoms with Crippen molar-refractivity contribution >= 4 is 11.9 Å². The van der Waals surface area contributed by atoms with Crippen molar-refractivity contribution in [1.82, 2.24) is 15.5 Å². The SMILES string of the molecule is CCNC(=NCc1ccc(C(=O)N2CCCCC2)cc1)NCc1ccc(C)cc1OC. The van der Waals surface area contributed by atoms with Crippen molar-refractivity contribution in [3.05, 3.63) is 64.7 Å². The lowest BCUT2D eigenvalue weighted by molar-refractivity contribution is 0.0724. The first-order valence-corrected chi connectivity index (χ1v) is 11.1. The van der Waals surface area contributed by atoms with Crippen LogP contribution < -0.4 is 15.4 Å². The number of hydrogen-bond donors (Lipinski definition) is 2. The first kappa shape index (κ1) is 22.7. The number of carbonyl (C=O) groups excluding carboxylic acids is 1. The first-order valence-electron chi connectivity index (χ1n) is 11.1. The fourth-order valence-electron chi connectivity index (χ4n) is 3.72. The number of aryl methyl sites for hydroxylation is 1. The van der Waals surface area contributed by atoms with Crippen LogP contribution in [0.25, 0.3) is 0 Å². The van der Waals surface area contributed by atoms with Crippen LogP contribution in [0, 0.1) is 6.92 Å². The Morgan fingerprint density at radius 2 is 1.81 bits per heavy atom. The third-order valence-corrected chi connectivity index (χ3v) is 5.50. The average Bonchev–Trinajstić information content (AvgIpc) is 2.81. The molecule has 6 heteroatoms. The van der Waals surface area contributed by atoms with Gasteiger partial charge in [0.1, 0.15) is 5.75 Å². The number of carbonyl (C=O) groups is 1. The van der Waals surface area contributed by atoms with Gasteiger partial charge in [0.2, 0.25) is 0 Å². The summed E-state index contributed by atoms with van der Waals surface area (Å²) in [5.41, 5.74) is 4.08. The van der Waals surface area contributed by atoms with Gasteiger partial charge in [-0.3, -0.25) is 4.79 Å². The Bertz CT molecular complexity index is 887. The number of benzene rings is 2. The molecule has 1 amide bonds. The Morgan fingerprint density at radius 3 is 2.48 bits per heavy atom. The van der Waals surface area contributed by atoms with Gasteiger partial charge in [-0.2, -0.15) is 0 Å². The van der Waals surface area contributed by atoms with Crippen molar-refractivity contribution in [1.29, 1.82) is 0 Å². The van der Waals surface area contributed by atoms with Crippen molar-refractivity contribution < 1.29 is 9.53 Å². The van der Waals surface area contributed by atoms with Crippen LogP contribution in [0.15, 0.2) is 47.5 Å². The molecule has 2 aromatic carbocycles. The smallest absolute Gasteiger partial charge is 0.253 e. The van der Waals surface area contributed by atoms with Crippen molar-refractivity contribution in [2.45, 2.75) is 46.2 Å². The lowest BCUT2D eigenvalue weighted by Crippen LogP contribution is -2.36. The third-order valence-electron chi connectivity index (χ3n) is 5.50. The normalized spacial score (nSPS) is 14.3. The number of methoxy groups -OCH3 is 1. The Labute approximate surface area is 185 Å². The van der Waals surface area contributed by atoms with E-state index in [0.717, 1.165) is 60.9 Å². The maximum Gasteiger partial charge on any atom is 0.253 e. The van der Waals surface area contributed by atoms with Gasteiger partial charge >= 0.3 is 0 Å². The predicted octanol–water partition coefficient (Wildman–Crippen LogP) is 3.89. The van der Waals surface area contributed by atoms with E-state index < -0.39 is 0 Å². The minimum atomic E-state index is 0.136. The topological polar surface area (TPSA) is 66.0 Å². The quantitative estimate of drug-likeness (QED) is 0.525. The maximum absolute atomic E-state index is 12.6. The van der Waals surface area contributed by atoms with Crippen LogP contribution in [0.2, 0.25) is 0 Å². The molecular weight excluding hydrogens is 388 g/mol. The molecule has 1 fully saturated rings. The Hall–Kier alpha value is -3.02. The molecule has 0 aromatic heterocycles. The minimum absolute atomic E-state index is 0.136. The van der Waals surface area contributed by atoms with Crippen molar-refractivity contribution in [2.75, 3.05) is 26.7 Å². The molecule has 1 aliphatic heterocycles. The highest BCUT2D eigenvalue weighted by molar-refractivity contribution is 5.94. The second-order valence-corrected chi connectivity index (χ2v) is 7.91. The van der Waals surface area contributed by atoms with Gasteiger partial charge in [-0.05, 0) is 62.4 Å². The molecule has 0 atom stereocenters. The van der Waals surface area contributed by atoms with E-state index in [1.54, 1.807) is 7.11 Å². The van der Waals surface area contributed by atoms with Gasteiger partial charge in [0.15, 0.2) is 5.96 Å². The summed E-state index contributed by atoms with van der Waals surface area (Å²) in [5.74, 6) is 1.76. The summed E-state index contributed by atoms with van der Waals surface area (Å²) in [6.07, 6.45) is 3.43. The fraction of sp³-hybridized carbons (Fsp3) is 0.440. The van der Waals surface area contributed by atoms with Gasteiger partial charge in [0.25, 0.3) is 5.91 Å². The molecule has 0 saturated carbocycles. The van der Waals surface area contributed by atoms with E-state index in [9.17, 15) is 4.79 Å². The van der Waals surface area contributed by atoms with Crippen LogP contribution in [0.3, 0.4) is 0 Å². The molecule has 1 saturated heterocycles. The van der Waals surface area contributed by atoms with E-state index in [2.05, 4.69) is 29.7 Å². The van der Waals surface area contributed by atoms with Gasteiger partial charge < -0.3 is 20.3 Å². The second-order valence-electron chi connectivity index (χ2n) is 7.91. The summed E-state index contributed by atoms with van der Waals surface area (Å²) in [7, 11) is 1.69. The predicted molar refractivity (Wildman–Crippen MR) is 126 cm³/mol. The number of hydrogen-bond acceptors (Lipinski definition) is 3. The number of likely N-dealkylation sites (tertiary alicyclic amines) is 1. The molecule has 166 valence electrons. The summed E-state index contributed by atoms with van der Waals surface area (Å²) < 4.78 is 5.49. The molecule has 1 heterocycles. The van der Waals surface area contributed by atoms with Crippen molar-refractivity contribution in [2.24, 2.45) is 4.99 Å². The monoisotopic (exact) mass is 422 g/mol. The molecular formula is C25H34N4O2. The summed E-state index contributed by atoms with van der Waals surface area (Å²) in [5, 5.41) is 6.65. The zero-order valence-electron chi connectivity index (χ0n) is 18.9. The average molecular weight is 423 g/mol. The van der Waals surface area contributed by atoms with Gasteiger partial charge in [-0.15, -0.1) is 0 Å². The number of amides is 1. The van der Waals surface area contributed by atoms with Gasteiger partial charge in [-0.1, -0.05) is 24.3 Å². The number of ether oxygens (including phenoxy) is 1. The summed E-state index contributed by atoms with van der Waals surface area (Å²) in [4.78, 5) is 19.3. The fourth-order valence-corrected chi connectivity index (χ4v) is 3.72. The van der Waals surface area contributed by atoms with E-state index in [0.29, 0.717) is 13.1 Å². The number of guanidine groups is 1. The lowest BCUT2D eigenvalue weighted by atomic mass is 10.1. The van der Waals surface area contributed by atoms with E-state index >= 15 is 0 Å². The van der Waals surface area contributed by atoms with Crippen molar-refractivity contribution in [3.8, 4) is 5.75 Å². The summed E-state index contributed by atoms with van der Waals surface area (Å²) in [6, 6.07) is 14.0. The number of nitrogens with one attached hydrogen (secondary N) is 2. The molecule has 2 aromatic rings. The van der Waals surface area contributed by atoms with E-state index in [4.69, 9.17) is 9.73 Å². The molecule has 31 heavy (non-hydrogen) atoms. The molecule has 0 unspecified atom stereocenters. The molecule has 1 aliphatic rings. The first-order chi connectivity index (χ1) is 15.1. The molecule has 0 bridgehead atoms. The zero-order valence-corrected chi connectivity index (χ0v) is 18.9. The molecule has 6 nitrogen and oxygen atoms in total. The largest absolute Gasteiger partial charge is 0.496 e. The second kappa shape index (κ2) is 11.4. The molecule has 3 rings (SSSR count). The summed E-state index contributed by atoms with van der Waals surface area (Å²) >= 11 is 0. The van der Waals surface area contributed by atoms with Crippen LogP contribution in [-0.2, 0) is 13.1 Å². The highest BCUT2D eigenvalue weighted by Gasteiger charge is 2.17. The molecule has 2 N–H and O–H groups in total. The van der Waals surface area contributed by atoms with Crippen LogP contribution >= 0.6 is 0 Å². The van der Waals surface area contributed by atoms with Crippen LogP contribution in [-0.4, -0.2) is 43.5 Å². The van der Waals surface area contributed by atoms with Crippen LogP contribution in [0.5, 0.6) is 5.75 Å². The van der Waals surface area contributed by atoms with Crippen molar-refractivity contribution in [3.63, 3.8) is 0 Å². The van der Waals surface area contributed by atoms with E-state index in [-0.39, 0.29) is 5.91 Å². The summed E-state index contributed by atoms with van der Waals surface area (Å²) in [6.45, 7) is 7.78. The highest BCUT2D eigenvalue weighted by atomic mass is 16.5. The third kappa shape index (κ3) is 6.48. The van der Waals surface area contributed by atoms with Crippen LogP contribution in [0.4, 0.5) is 0 Å². The standard InChI is InChI=1S/C25H34N4O2/c1-4-26-25(28-18-22-11-8-19(2)16-23(22)31-3)27-17-20-9-12-21(13-10-20)24(30)29-14-6-5-7-15-29/h8-13,16H,4-7,14-15,17-18H2,1-3H3,(H2,26,27,28). The number of aliphatic imine (C=N–C) groups is 1. The van der Waals surface area contributed by atoms with Gasteiger partial charge in [0.05, 0.1) is 13.7 Å². The molecule has 0 spiro atoms. The van der Waals surface area contributed by atoms with E-state index in [1.165, 1.54) is 12.0 Å². The Morgan fingerprint density at radius 1 is 1.06 bits per heavy atom. The Balaban J connectivity index is 1.60. The van der Waals surface area contributed by atoms with Gasteiger partial charge in [0, 0.05) is 37.3 Å². The molecule has 0 radical (unpaired) electrons. The molecule has 0 aliphatic carbocycles. The van der Waals surface area contributed by atoms with Gasteiger partial charge in [-0.25, -0.2) is 4.99 Å². The lowest BCUT2D eigenvalue weighted by Gasteiger charge is -2.26. The van der Waals surface area contributed by atoms with E-state index in [1.807, 2.05) is 42.2 Å². The van der Waals surface area contributed by atoms with Crippen LogP contribution in [0.1, 0.15) is 53.2 Å². The number of piperidine rings is 1. The Kier molecular flexibility index (Phi) is 8.33. The zero-order chi connectivity index (χ0) is 22.1. The maximum atomic E-state index is 12.6. The number of nitrogens with zero attached hydrogens (tertiary/aromatic N) is 2. The minimum Gasteiger partial charge on any atom is -0.496 e.